The van der Waals surface area contributed by atoms with Crippen molar-refractivity contribution in [1.29, 1.82) is 0 Å². The van der Waals surface area contributed by atoms with Crippen molar-refractivity contribution in [2.24, 2.45) is 0 Å². The smallest absolute Gasteiger partial charge is 0.0544 e. The molecule has 2 nitrogen and oxygen atoms in total. The molecule has 0 bridgehead atoms. The van der Waals surface area contributed by atoms with E-state index in [-0.39, 0.29) is 0 Å². The SMILES string of the molecule is C1=Cc2c(n(-c3ccc(N(c4ccccc4)c4ccc(-c5ccc(-c6ccccc6)cc5)cc4)cc3)c3ccc4ccccc4c23)CC1. The van der Waals surface area contributed by atoms with E-state index in [0.717, 1.165) is 29.9 Å². The Hall–Kier alpha value is -6.12. The van der Waals surface area contributed by atoms with Crippen LogP contribution in [0.2, 0.25) is 0 Å². The number of rotatable bonds is 6. The quantitative estimate of drug-likeness (QED) is 0.181. The van der Waals surface area contributed by atoms with Crippen molar-refractivity contribution in [3.05, 3.63) is 187 Å². The van der Waals surface area contributed by atoms with Crippen LogP contribution in [0.5, 0.6) is 0 Å². The molecular formula is C46H34N2. The van der Waals surface area contributed by atoms with Crippen LogP contribution in [-0.2, 0) is 6.42 Å². The van der Waals surface area contributed by atoms with Crippen LogP contribution in [0.15, 0.2) is 176 Å². The number of hydrogen-bond donors (Lipinski definition) is 0. The standard InChI is InChI=1S/C46H34N2/c1-3-11-33(12-4-1)34-19-21-35(22-20-34)36-23-26-39(27-24-36)47(38-14-5-2-6-15-38)40-28-30-41(31-29-40)48-44-18-10-9-17-43(44)46-42-16-8-7-13-37(42)25-32-45(46)48/h1-9,11-17,19-32H,10,18H2. The minimum absolute atomic E-state index is 1.04. The molecule has 8 aromatic rings. The Morgan fingerprint density at radius 2 is 1.00 bits per heavy atom. The molecule has 0 radical (unpaired) electrons. The zero-order valence-corrected chi connectivity index (χ0v) is 26.6. The van der Waals surface area contributed by atoms with Crippen molar-refractivity contribution in [3.63, 3.8) is 0 Å². The molecule has 228 valence electrons. The summed E-state index contributed by atoms with van der Waals surface area (Å²) < 4.78 is 2.48. The zero-order valence-electron chi connectivity index (χ0n) is 26.6. The summed E-state index contributed by atoms with van der Waals surface area (Å²) in [5.74, 6) is 0. The number of nitrogens with zero attached hydrogens (tertiary/aromatic N) is 2. The lowest BCUT2D eigenvalue weighted by molar-refractivity contribution is 0.888. The molecule has 1 heterocycles. The van der Waals surface area contributed by atoms with Gasteiger partial charge in [0.05, 0.1) is 5.52 Å². The third kappa shape index (κ3) is 4.90. The van der Waals surface area contributed by atoms with E-state index >= 15 is 0 Å². The van der Waals surface area contributed by atoms with Gasteiger partial charge in [-0.15, -0.1) is 0 Å². The van der Waals surface area contributed by atoms with E-state index < -0.39 is 0 Å². The maximum absolute atomic E-state index is 2.48. The molecule has 1 aromatic heterocycles. The Labute approximate surface area is 281 Å². The second-order valence-corrected chi connectivity index (χ2v) is 12.5. The van der Waals surface area contributed by atoms with Crippen molar-refractivity contribution >= 4 is 44.8 Å². The lowest BCUT2D eigenvalue weighted by Gasteiger charge is -2.26. The third-order valence-corrected chi connectivity index (χ3v) is 9.66. The fraction of sp³-hybridized carbons (Fsp3) is 0.0435. The summed E-state index contributed by atoms with van der Waals surface area (Å²) in [6.07, 6.45) is 6.75. The number of allylic oxidation sites excluding steroid dienone is 1. The fourth-order valence-corrected chi connectivity index (χ4v) is 7.35. The van der Waals surface area contributed by atoms with Gasteiger partial charge >= 0.3 is 0 Å². The van der Waals surface area contributed by atoms with E-state index in [4.69, 9.17) is 0 Å². The zero-order chi connectivity index (χ0) is 31.9. The number of benzene rings is 7. The minimum atomic E-state index is 1.04. The highest BCUT2D eigenvalue weighted by Crippen LogP contribution is 2.40. The first-order valence-electron chi connectivity index (χ1n) is 16.7. The molecule has 0 spiro atoms. The van der Waals surface area contributed by atoms with Crippen molar-refractivity contribution in [3.8, 4) is 27.9 Å². The molecule has 0 saturated heterocycles. The average molecular weight is 615 g/mol. The van der Waals surface area contributed by atoms with Gasteiger partial charge < -0.3 is 9.47 Å². The lowest BCUT2D eigenvalue weighted by Crippen LogP contribution is -2.10. The normalized spacial score (nSPS) is 12.3. The van der Waals surface area contributed by atoms with Gasteiger partial charge in [-0.3, -0.25) is 0 Å². The van der Waals surface area contributed by atoms with Crippen molar-refractivity contribution in [2.75, 3.05) is 4.90 Å². The summed E-state index contributed by atoms with van der Waals surface area (Å²) >= 11 is 0. The lowest BCUT2D eigenvalue weighted by atomic mass is 9.98. The van der Waals surface area contributed by atoms with Crippen molar-refractivity contribution < 1.29 is 0 Å². The van der Waals surface area contributed by atoms with E-state index in [9.17, 15) is 0 Å². The van der Waals surface area contributed by atoms with Gasteiger partial charge in [0.2, 0.25) is 0 Å². The number of fused-ring (bicyclic) bond motifs is 5. The van der Waals surface area contributed by atoms with Gasteiger partial charge in [0.1, 0.15) is 0 Å². The highest BCUT2D eigenvalue weighted by atomic mass is 15.1. The fourth-order valence-electron chi connectivity index (χ4n) is 7.35. The van der Waals surface area contributed by atoms with E-state index in [1.807, 2.05) is 0 Å². The molecule has 2 heteroatoms. The molecule has 0 N–H and O–H groups in total. The van der Waals surface area contributed by atoms with Crippen LogP contribution in [0.4, 0.5) is 17.1 Å². The summed E-state index contributed by atoms with van der Waals surface area (Å²) in [4.78, 5) is 2.34. The number of anilines is 3. The minimum Gasteiger partial charge on any atom is -0.313 e. The predicted octanol–water partition coefficient (Wildman–Crippen LogP) is 12.5. The topological polar surface area (TPSA) is 8.17 Å². The first-order valence-corrected chi connectivity index (χ1v) is 16.7. The van der Waals surface area contributed by atoms with Crippen LogP contribution in [0.1, 0.15) is 17.7 Å². The van der Waals surface area contributed by atoms with Gasteiger partial charge in [-0.1, -0.05) is 127 Å². The average Bonchev–Trinajstić information content (AvgIpc) is 3.51. The molecule has 0 aliphatic heterocycles. The Bertz CT molecular complexity index is 2400. The highest BCUT2D eigenvalue weighted by molar-refractivity contribution is 6.12. The third-order valence-electron chi connectivity index (χ3n) is 9.66. The molecule has 9 rings (SSSR count). The maximum Gasteiger partial charge on any atom is 0.0544 e. The summed E-state index contributed by atoms with van der Waals surface area (Å²) in [5, 5.41) is 3.95. The van der Waals surface area contributed by atoms with Crippen LogP contribution in [0.25, 0.3) is 55.7 Å². The van der Waals surface area contributed by atoms with Crippen LogP contribution < -0.4 is 4.90 Å². The van der Waals surface area contributed by atoms with Crippen molar-refractivity contribution in [2.45, 2.75) is 12.8 Å². The molecule has 0 unspecified atom stereocenters. The summed E-state index contributed by atoms with van der Waals surface area (Å²) in [5.41, 5.74) is 13.5. The second-order valence-electron chi connectivity index (χ2n) is 12.5. The largest absolute Gasteiger partial charge is 0.313 e. The van der Waals surface area contributed by atoms with Gasteiger partial charge in [0, 0.05) is 39.4 Å². The van der Waals surface area contributed by atoms with Gasteiger partial charge in [-0.05, 0) is 100 Å². The Morgan fingerprint density at radius 1 is 0.458 bits per heavy atom. The number of para-hydroxylation sites is 1. The second kappa shape index (κ2) is 11.9. The van der Waals surface area contributed by atoms with Crippen LogP contribution in [0, 0.1) is 0 Å². The van der Waals surface area contributed by atoms with Crippen LogP contribution in [-0.4, -0.2) is 4.57 Å². The maximum atomic E-state index is 2.48. The van der Waals surface area contributed by atoms with Gasteiger partial charge in [0.25, 0.3) is 0 Å². The highest BCUT2D eigenvalue weighted by Gasteiger charge is 2.21. The first kappa shape index (κ1) is 28.1. The predicted molar refractivity (Wildman–Crippen MR) is 204 cm³/mol. The van der Waals surface area contributed by atoms with E-state index in [1.54, 1.807) is 0 Å². The van der Waals surface area contributed by atoms with E-state index in [2.05, 4.69) is 191 Å². The Balaban J connectivity index is 1.08. The summed E-state index contributed by atoms with van der Waals surface area (Å²) in [6, 6.07) is 61.3. The molecule has 0 fully saturated rings. The van der Waals surface area contributed by atoms with Gasteiger partial charge in [-0.25, -0.2) is 0 Å². The molecule has 7 aromatic carbocycles. The number of hydrogen-bond acceptors (Lipinski definition) is 1. The van der Waals surface area contributed by atoms with Crippen LogP contribution >= 0.6 is 0 Å². The summed E-state index contributed by atoms with van der Waals surface area (Å²) in [7, 11) is 0. The molecule has 1 aliphatic rings. The van der Waals surface area contributed by atoms with Gasteiger partial charge in [-0.2, -0.15) is 0 Å². The summed E-state index contributed by atoms with van der Waals surface area (Å²) in [6.45, 7) is 0. The van der Waals surface area contributed by atoms with E-state index in [0.29, 0.717) is 0 Å². The van der Waals surface area contributed by atoms with Crippen LogP contribution in [0.3, 0.4) is 0 Å². The first-order chi connectivity index (χ1) is 23.8. The molecule has 1 aliphatic carbocycles. The Kier molecular flexibility index (Phi) is 6.98. The van der Waals surface area contributed by atoms with Gasteiger partial charge in [0.15, 0.2) is 0 Å². The molecule has 0 amide bonds. The number of aromatic nitrogens is 1. The molecule has 0 saturated carbocycles. The monoisotopic (exact) mass is 614 g/mol. The molecule has 0 atom stereocenters. The van der Waals surface area contributed by atoms with Crippen molar-refractivity contribution in [1.82, 2.24) is 4.57 Å². The molecule has 48 heavy (non-hydrogen) atoms. The Morgan fingerprint density at radius 3 is 1.69 bits per heavy atom. The van der Waals surface area contributed by atoms with E-state index in [1.165, 1.54) is 60.9 Å². The molecular weight excluding hydrogens is 581 g/mol.